The molecular weight excluding hydrogens is 340 g/mol. The summed E-state index contributed by atoms with van der Waals surface area (Å²) < 4.78 is 15.3. The summed E-state index contributed by atoms with van der Waals surface area (Å²) in [6, 6.07) is 2.25. The molecule has 9 heteroatoms. The third-order valence-electron chi connectivity index (χ3n) is 3.42. The van der Waals surface area contributed by atoms with Crippen LogP contribution in [-0.2, 0) is 9.53 Å². The lowest BCUT2D eigenvalue weighted by Crippen LogP contribution is -2.41. The first-order valence-electron chi connectivity index (χ1n) is 7.10. The molecule has 0 aliphatic carbocycles. The van der Waals surface area contributed by atoms with Gasteiger partial charge in [-0.1, -0.05) is 11.6 Å². The molecule has 1 aliphatic rings. The number of hydrogen-bond donors (Lipinski definition) is 1. The molecule has 1 heterocycles. The van der Waals surface area contributed by atoms with Crippen molar-refractivity contribution in [1.29, 1.82) is 0 Å². The van der Waals surface area contributed by atoms with Crippen LogP contribution < -0.4 is 14.8 Å². The van der Waals surface area contributed by atoms with Crippen molar-refractivity contribution >= 4 is 29.5 Å². The van der Waals surface area contributed by atoms with E-state index in [4.69, 9.17) is 25.8 Å². The molecule has 0 spiro atoms. The minimum Gasteiger partial charge on any atom is -0.493 e. The zero-order chi connectivity index (χ0) is 17.9. The molecule has 24 heavy (non-hydrogen) atoms. The summed E-state index contributed by atoms with van der Waals surface area (Å²) in [6.07, 6.45) is -1.12. The van der Waals surface area contributed by atoms with Crippen LogP contribution in [-0.4, -0.2) is 56.2 Å². The van der Waals surface area contributed by atoms with Crippen LogP contribution in [0, 0.1) is 0 Å². The number of carbonyl (C=O) groups is 3. The van der Waals surface area contributed by atoms with Gasteiger partial charge in [-0.2, -0.15) is 0 Å². The summed E-state index contributed by atoms with van der Waals surface area (Å²) in [5.74, 6) is -0.813. The van der Waals surface area contributed by atoms with Crippen molar-refractivity contribution in [3.8, 4) is 11.5 Å². The molecule has 1 aliphatic heterocycles. The molecule has 1 N–H and O–H groups in total. The molecule has 3 amide bonds. The number of nitrogens with one attached hydrogen (secondary N) is 1. The van der Waals surface area contributed by atoms with Gasteiger partial charge in [-0.05, 0) is 19.1 Å². The summed E-state index contributed by atoms with van der Waals surface area (Å²) in [5, 5.41) is 2.67. The molecule has 130 valence electrons. The molecule has 0 radical (unpaired) electrons. The van der Waals surface area contributed by atoms with Crippen LogP contribution in [0.3, 0.4) is 0 Å². The molecule has 1 atom stereocenters. The number of halogens is 1. The number of imide groups is 1. The Bertz CT molecular complexity index is 678. The lowest BCUT2D eigenvalue weighted by atomic mass is 10.2. The third-order valence-corrected chi connectivity index (χ3v) is 3.70. The SMILES string of the molecule is COc1cc(C(=O)O[C@@H](C)C(=O)N2CCNC2=O)cc(Cl)c1OC. The molecule has 8 nitrogen and oxygen atoms in total. The first-order valence-corrected chi connectivity index (χ1v) is 7.48. The zero-order valence-electron chi connectivity index (χ0n) is 13.4. The second-order valence-corrected chi connectivity index (χ2v) is 5.37. The van der Waals surface area contributed by atoms with Crippen LogP contribution in [0.2, 0.25) is 5.02 Å². The molecule has 1 fully saturated rings. The molecule has 1 aromatic carbocycles. The third kappa shape index (κ3) is 3.53. The minimum absolute atomic E-state index is 0.100. The Hall–Kier alpha value is -2.48. The zero-order valence-corrected chi connectivity index (χ0v) is 14.2. The number of carbonyl (C=O) groups excluding carboxylic acids is 3. The summed E-state index contributed by atoms with van der Waals surface area (Å²) >= 11 is 6.04. The Morgan fingerprint density at radius 3 is 2.54 bits per heavy atom. The van der Waals surface area contributed by atoms with Crippen LogP contribution in [0.1, 0.15) is 17.3 Å². The van der Waals surface area contributed by atoms with Gasteiger partial charge < -0.3 is 19.5 Å². The summed E-state index contributed by atoms with van der Waals surface area (Å²) in [5.41, 5.74) is 0.100. The summed E-state index contributed by atoms with van der Waals surface area (Å²) in [7, 11) is 2.82. The minimum atomic E-state index is -1.12. The van der Waals surface area contributed by atoms with Crippen LogP contribution in [0.4, 0.5) is 4.79 Å². The maximum Gasteiger partial charge on any atom is 0.339 e. The van der Waals surface area contributed by atoms with Crippen LogP contribution in [0.15, 0.2) is 12.1 Å². The number of nitrogens with zero attached hydrogens (tertiary/aromatic N) is 1. The van der Waals surface area contributed by atoms with Crippen LogP contribution in [0.5, 0.6) is 11.5 Å². The van der Waals surface area contributed by atoms with E-state index < -0.39 is 24.0 Å². The van der Waals surface area contributed by atoms with Crippen LogP contribution >= 0.6 is 11.6 Å². The largest absolute Gasteiger partial charge is 0.493 e. The van der Waals surface area contributed by atoms with E-state index in [0.717, 1.165) is 4.90 Å². The Kier molecular flexibility index (Phi) is 5.50. The van der Waals surface area contributed by atoms with Crippen molar-refractivity contribution in [3.63, 3.8) is 0 Å². The first kappa shape index (κ1) is 17.9. The first-order chi connectivity index (χ1) is 11.4. The second-order valence-electron chi connectivity index (χ2n) is 4.96. The molecule has 0 unspecified atom stereocenters. The lowest BCUT2D eigenvalue weighted by Gasteiger charge is -2.18. The molecule has 0 bridgehead atoms. The average molecular weight is 357 g/mol. The highest BCUT2D eigenvalue weighted by Gasteiger charge is 2.32. The number of hydrogen-bond acceptors (Lipinski definition) is 6. The van der Waals surface area contributed by atoms with Crippen molar-refractivity contribution in [2.45, 2.75) is 13.0 Å². The maximum atomic E-state index is 12.2. The van der Waals surface area contributed by atoms with E-state index in [2.05, 4.69) is 5.32 Å². The van der Waals surface area contributed by atoms with E-state index in [0.29, 0.717) is 6.54 Å². The quantitative estimate of drug-likeness (QED) is 0.802. The van der Waals surface area contributed by atoms with Gasteiger partial charge >= 0.3 is 12.0 Å². The second kappa shape index (κ2) is 7.39. The number of ether oxygens (including phenoxy) is 3. The Labute approximate surface area is 143 Å². The van der Waals surface area contributed by atoms with E-state index in [1.165, 1.54) is 33.3 Å². The van der Waals surface area contributed by atoms with Gasteiger partial charge in [0.1, 0.15) is 0 Å². The highest BCUT2D eigenvalue weighted by Crippen LogP contribution is 2.36. The Balaban J connectivity index is 2.13. The molecule has 2 rings (SSSR count). The standard InChI is InChI=1S/C15H17ClN2O6/c1-8(13(19)18-5-4-17-15(18)21)24-14(20)9-6-10(16)12(23-3)11(7-9)22-2/h6-8H,4-5H2,1-3H3,(H,17,21)/t8-/m0/s1. The lowest BCUT2D eigenvalue weighted by molar-refractivity contribution is -0.136. The maximum absolute atomic E-state index is 12.2. The monoisotopic (exact) mass is 356 g/mol. The van der Waals surface area contributed by atoms with Crippen molar-refractivity contribution in [2.24, 2.45) is 0 Å². The van der Waals surface area contributed by atoms with Gasteiger partial charge in [0, 0.05) is 13.1 Å². The van der Waals surface area contributed by atoms with Gasteiger partial charge in [-0.15, -0.1) is 0 Å². The van der Waals surface area contributed by atoms with Crippen LogP contribution in [0.25, 0.3) is 0 Å². The topological polar surface area (TPSA) is 94.2 Å². The molecule has 1 saturated heterocycles. The average Bonchev–Trinajstić information content (AvgIpc) is 2.98. The Morgan fingerprint density at radius 2 is 2.00 bits per heavy atom. The molecule has 1 aromatic rings. The summed E-state index contributed by atoms with van der Waals surface area (Å²) in [4.78, 5) is 36.8. The highest BCUT2D eigenvalue weighted by molar-refractivity contribution is 6.32. The van der Waals surface area contributed by atoms with E-state index in [1.54, 1.807) is 0 Å². The predicted molar refractivity (Wildman–Crippen MR) is 84.5 cm³/mol. The smallest absolute Gasteiger partial charge is 0.339 e. The molecular formula is C15H17ClN2O6. The van der Waals surface area contributed by atoms with Crippen molar-refractivity contribution in [1.82, 2.24) is 10.2 Å². The van der Waals surface area contributed by atoms with Gasteiger partial charge in [0.15, 0.2) is 17.6 Å². The van der Waals surface area contributed by atoms with Crippen molar-refractivity contribution in [2.75, 3.05) is 27.3 Å². The predicted octanol–water partition coefficient (Wildman–Crippen LogP) is 1.45. The number of rotatable bonds is 5. The van der Waals surface area contributed by atoms with Gasteiger partial charge in [0.2, 0.25) is 0 Å². The number of methoxy groups -OCH3 is 2. The van der Waals surface area contributed by atoms with Gasteiger partial charge in [-0.3, -0.25) is 9.69 Å². The fraction of sp³-hybridized carbons (Fsp3) is 0.400. The normalized spacial score (nSPS) is 14.8. The number of amides is 3. The highest BCUT2D eigenvalue weighted by atomic mass is 35.5. The number of benzene rings is 1. The molecule has 0 aromatic heterocycles. The van der Waals surface area contributed by atoms with E-state index >= 15 is 0 Å². The Morgan fingerprint density at radius 1 is 1.29 bits per heavy atom. The van der Waals surface area contributed by atoms with Crippen molar-refractivity contribution in [3.05, 3.63) is 22.7 Å². The molecule has 0 saturated carbocycles. The van der Waals surface area contributed by atoms with Gasteiger partial charge in [-0.25, -0.2) is 9.59 Å². The fourth-order valence-electron chi connectivity index (χ4n) is 2.22. The fourth-order valence-corrected chi connectivity index (χ4v) is 2.50. The van der Waals surface area contributed by atoms with Crippen molar-refractivity contribution < 1.29 is 28.6 Å². The van der Waals surface area contributed by atoms with Gasteiger partial charge in [0.05, 0.1) is 24.8 Å². The number of urea groups is 1. The number of esters is 1. The van der Waals surface area contributed by atoms with E-state index in [-0.39, 0.29) is 28.6 Å². The summed E-state index contributed by atoms with van der Waals surface area (Å²) in [6.45, 7) is 2.01. The van der Waals surface area contributed by atoms with E-state index in [1.807, 2.05) is 0 Å². The van der Waals surface area contributed by atoms with E-state index in [9.17, 15) is 14.4 Å². The van der Waals surface area contributed by atoms with Gasteiger partial charge in [0.25, 0.3) is 5.91 Å².